The number of nitrogens with zero attached hydrogens (tertiary/aromatic N) is 1. The second-order valence-electron chi connectivity index (χ2n) is 9.00. The smallest absolute Gasteiger partial charge is 0.255 e. The van der Waals surface area contributed by atoms with Crippen LogP contribution in [0.4, 0.5) is 11.4 Å². The van der Waals surface area contributed by atoms with Gasteiger partial charge >= 0.3 is 0 Å². The number of hydrogen-bond donors (Lipinski definition) is 2. The molecule has 190 valence electrons. The fraction of sp³-hybridized carbons (Fsp3) is 0.241. The number of benzene rings is 3. The molecule has 7 nitrogen and oxygen atoms in total. The van der Waals surface area contributed by atoms with Gasteiger partial charge in [0.05, 0.1) is 11.6 Å². The van der Waals surface area contributed by atoms with Crippen LogP contribution in [0.3, 0.4) is 0 Å². The summed E-state index contributed by atoms with van der Waals surface area (Å²) in [5.74, 6) is -1.26. The number of likely N-dealkylation sites (tertiary alicyclic amines) is 1. The van der Waals surface area contributed by atoms with Crippen LogP contribution in [0.2, 0.25) is 5.02 Å². The largest absolute Gasteiger partial charge is 0.342 e. The van der Waals surface area contributed by atoms with Crippen molar-refractivity contribution < 1.29 is 19.2 Å². The van der Waals surface area contributed by atoms with Crippen molar-refractivity contribution in [3.8, 4) is 0 Å². The third-order valence-corrected chi connectivity index (χ3v) is 6.53. The van der Waals surface area contributed by atoms with Crippen molar-refractivity contribution in [2.45, 2.75) is 26.2 Å². The first-order valence-corrected chi connectivity index (χ1v) is 12.6. The number of unbranched alkanes of at least 4 members (excludes halogenated alkanes) is 1. The van der Waals surface area contributed by atoms with Crippen LogP contribution in [-0.2, 0) is 9.59 Å². The minimum Gasteiger partial charge on any atom is -0.342 e. The molecule has 3 amide bonds. The zero-order valence-corrected chi connectivity index (χ0v) is 21.3. The molecule has 1 saturated heterocycles. The summed E-state index contributed by atoms with van der Waals surface area (Å²) in [5.41, 5.74) is 2.01. The van der Waals surface area contributed by atoms with Crippen molar-refractivity contribution in [1.82, 2.24) is 4.90 Å². The van der Waals surface area contributed by atoms with E-state index in [1.54, 1.807) is 65.6 Å². The fourth-order valence-electron chi connectivity index (χ4n) is 4.21. The van der Waals surface area contributed by atoms with Gasteiger partial charge in [-0.1, -0.05) is 55.3 Å². The molecule has 8 heteroatoms. The lowest BCUT2D eigenvalue weighted by Gasteiger charge is -2.16. The second kappa shape index (κ2) is 11.8. The molecule has 1 aliphatic heterocycles. The second-order valence-corrected chi connectivity index (χ2v) is 9.44. The summed E-state index contributed by atoms with van der Waals surface area (Å²) in [5, 5.41) is 6.01. The Morgan fingerprint density at radius 2 is 1.68 bits per heavy atom. The molecule has 0 aliphatic carbocycles. The van der Waals surface area contributed by atoms with E-state index < -0.39 is 11.8 Å². The molecule has 1 fully saturated rings. The van der Waals surface area contributed by atoms with Gasteiger partial charge in [-0.3, -0.25) is 19.2 Å². The van der Waals surface area contributed by atoms with E-state index in [4.69, 9.17) is 11.6 Å². The third-order valence-electron chi connectivity index (χ3n) is 6.29. The number of ketones is 1. The summed E-state index contributed by atoms with van der Waals surface area (Å²) in [6.07, 6.45) is 2.12. The monoisotopic (exact) mass is 517 g/mol. The van der Waals surface area contributed by atoms with Crippen molar-refractivity contribution in [2.75, 3.05) is 23.7 Å². The van der Waals surface area contributed by atoms with Crippen molar-refractivity contribution in [2.24, 2.45) is 5.92 Å². The average molecular weight is 518 g/mol. The van der Waals surface area contributed by atoms with Crippen LogP contribution in [-0.4, -0.2) is 41.5 Å². The molecule has 0 saturated carbocycles. The van der Waals surface area contributed by atoms with Crippen LogP contribution in [0.15, 0.2) is 72.8 Å². The maximum atomic E-state index is 13.0. The molecule has 0 radical (unpaired) electrons. The van der Waals surface area contributed by atoms with E-state index >= 15 is 0 Å². The first-order valence-electron chi connectivity index (χ1n) is 12.2. The number of amides is 3. The topological polar surface area (TPSA) is 95.6 Å². The van der Waals surface area contributed by atoms with E-state index in [0.29, 0.717) is 40.6 Å². The lowest BCUT2D eigenvalue weighted by molar-refractivity contribution is -0.128. The van der Waals surface area contributed by atoms with Crippen LogP contribution in [0.25, 0.3) is 0 Å². The Morgan fingerprint density at radius 3 is 2.38 bits per heavy atom. The summed E-state index contributed by atoms with van der Waals surface area (Å²) >= 11 is 6.13. The Bertz CT molecular complexity index is 1310. The Labute approximate surface area is 220 Å². The van der Waals surface area contributed by atoms with Crippen molar-refractivity contribution in [3.05, 3.63) is 94.5 Å². The summed E-state index contributed by atoms with van der Waals surface area (Å²) in [6, 6.07) is 19.9. The van der Waals surface area contributed by atoms with Gasteiger partial charge < -0.3 is 15.5 Å². The molecule has 0 spiro atoms. The molecule has 3 aromatic carbocycles. The maximum absolute atomic E-state index is 13.0. The Balaban J connectivity index is 1.41. The average Bonchev–Trinajstić information content (AvgIpc) is 3.29. The molecule has 1 heterocycles. The number of anilines is 2. The van der Waals surface area contributed by atoms with E-state index in [0.717, 1.165) is 12.8 Å². The van der Waals surface area contributed by atoms with Crippen LogP contribution in [0.5, 0.6) is 0 Å². The molecule has 4 rings (SSSR count). The zero-order chi connectivity index (χ0) is 26.4. The number of nitrogens with one attached hydrogen (secondary N) is 2. The third kappa shape index (κ3) is 6.43. The van der Waals surface area contributed by atoms with Crippen LogP contribution in [0, 0.1) is 5.92 Å². The SMILES string of the molecule is CCCCN1CC(C(=O)Nc2ccc(C(=O)Nc3ccc(Cl)cc3C(=O)c3ccccc3)cc2)CC1=O. The van der Waals surface area contributed by atoms with Gasteiger partial charge in [0.1, 0.15) is 0 Å². The summed E-state index contributed by atoms with van der Waals surface area (Å²) in [7, 11) is 0. The number of halogens is 1. The van der Waals surface area contributed by atoms with Gasteiger partial charge in [-0.05, 0) is 48.9 Å². The number of carbonyl (C=O) groups excluding carboxylic acids is 4. The lowest BCUT2D eigenvalue weighted by atomic mass is 10.0. The molecule has 2 N–H and O–H groups in total. The van der Waals surface area contributed by atoms with E-state index in [9.17, 15) is 19.2 Å². The van der Waals surface area contributed by atoms with Gasteiger partial charge in [0.2, 0.25) is 11.8 Å². The molecular formula is C29H28ClN3O4. The Hall–Kier alpha value is -3.97. The molecule has 1 aliphatic rings. The minimum absolute atomic E-state index is 0.00735. The lowest BCUT2D eigenvalue weighted by Crippen LogP contribution is -2.29. The van der Waals surface area contributed by atoms with Crippen LogP contribution in [0.1, 0.15) is 52.5 Å². The molecule has 37 heavy (non-hydrogen) atoms. The molecule has 0 aromatic heterocycles. The first-order chi connectivity index (χ1) is 17.9. The van der Waals surface area contributed by atoms with E-state index in [1.807, 2.05) is 6.07 Å². The number of carbonyl (C=O) groups is 4. The maximum Gasteiger partial charge on any atom is 0.255 e. The summed E-state index contributed by atoms with van der Waals surface area (Å²) < 4.78 is 0. The van der Waals surface area contributed by atoms with E-state index in [1.165, 1.54) is 6.07 Å². The number of rotatable bonds is 9. The Morgan fingerprint density at radius 1 is 0.946 bits per heavy atom. The van der Waals surface area contributed by atoms with Crippen molar-refractivity contribution >= 4 is 46.5 Å². The highest BCUT2D eigenvalue weighted by molar-refractivity contribution is 6.31. The molecule has 1 atom stereocenters. The van der Waals surface area contributed by atoms with Crippen molar-refractivity contribution in [1.29, 1.82) is 0 Å². The van der Waals surface area contributed by atoms with Gasteiger partial charge in [-0.25, -0.2) is 0 Å². The van der Waals surface area contributed by atoms with Crippen LogP contribution >= 0.6 is 11.6 Å². The van der Waals surface area contributed by atoms with Crippen LogP contribution < -0.4 is 10.6 Å². The number of hydrogen-bond acceptors (Lipinski definition) is 4. The van der Waals surface area contributed by atoms with Gasteiger partial charge in [0.25, 0.3) is 5.91 Å². The molecule has 3 aromatic rings. The summed E-state index contributed by atoms with van der Waals surface area (Å²) in [6.45, 7) is 3.17. The zero-order valence-electron chi connectivity index (χ0n) is 20.5. The standard InChI is InChI=1S/C29H28ClN3O4/c1-2-3-15-33-18-21(16-26(33)34)29(37)31-23-12-9-20(10-13-23)28(36)32-25-14-11-22(30)17-24(25)27(35)19-7-5-4-6-8-19/h4-14,17,21H,2-3,15-16,18H2,1H3,(H,31,37)(H,32,36). The normalized spacial score (nSPS) is 14.9. The molecular weight excluding hydrogens is 490 g/mol. The first kappa shape index (κ1) is 26.1. The van der Waals surface area contributed by atoms with Gasteiger partial charge in [0.15, 0.2) is 5.78 Å². The molecule has 1 unspecified atom stereocenters. The fourth-order valence-corrected chi connectivity index (χ4v) is 4.39. The molecule has 0 bridgehead atoms. The van der Waals surface area contributed by atoms with E-state index in [-0.39, 0.29) is 29.6 Å². The predicted molar refractivity (Wildman–Crippen MR) is 144 cm³/mol. The summed E-state index contributed by atoms with van der Waals surface area (Å²) in [4.78, 5) is 52.5. The highest BCUT2D eigenvalue weighted by Gasteiger charge is 2.33. The minimum atomic E-state index is -0.407. The highest BCUT2D eigenvalue weighted by atomic mass is 35.5. The van der Waals surface area contributed by atoms with Crippen molar-refractivity contribution in [3.63, 3.8) is 0 Å². The van der Waals surface area contributed by atoms with Gasteiger partial charge in [0, 0.05) is 46.9 Å². The quantitative estimate of drug-likeness (QED) is 0.371. The van der Waals surface area contributed by atoms with E-state index in [2.05, 4.69) is 17.6 Å². The van der Waals surface area contributed by atoms with Gasteiger partial charge in [-0.2, -0.15) is 0 Å². The predicted octanol–water partition coefficient (Wildman–Crippen LogP) is 5.41. The highest BCUT2D eigenvalue weighted by Crippen LogP contribution is 2.25. The van der Waals surface area contributed by atoms with Gasteiger partial charge in [-0.15, -0.1) is 0 Å². The Kier molecular flexibility index (Phi) is 8.36.